The molecule has 0 spiro atoms. The monoisotopic (exact) mass is 384 g/mol. The minimum Gasteiger partial charge on any atom is -0.494 e. The summed E-state index contributed by atoms with van der Waals surface area (Å²) in [5.41, 5.74) is 3.08. The molecule has 2 atom stereocenters. The molecule has 0 fully saturated rings. The first-order valence-corrected chi connectivity index (χ1v) is 10.3. The van der Waals surface area contributed by atoms with Gasteiger partial charge in [0.2, 0.25) is 0 Å². The van der Waals surface area contributed by atoms with Gasteiger partial charge in [0.25, 0.3) is 5.91 Å². The summed E-state index contributed by atoms with van der Waals surface area (Å²) in [5.74, 6) is 2.02. The Hall–Kier alpha value is -2.21. The van der Waals surface area contributed by atoms with Gasteiger partial charge < -0.3 is 14.5 Å². The fraction of sp³-hybridized carbons (Fsp3) is 0.429. The zero-order chi connectivity index (χ0) is 19.0. The third-order valence-corrected chi connectivity index (χ3v) is 6.35. The molecule has 2 heterocycles. The van der Waals surface area contributed by atoms with E-state index in [-0.39, 0.29) is 11.9 Å². The molecule has 5 nitrogen and oxygen atoms in total. The van der Waals surface area contributed by atoms with Crippen molar-refractivity contribution in [3.05, 3.63) is 52.5 Å². The van der Waals surface area contributed by atoms with E-state index in [2.05, 4.69) is 12.2 Å². The maximum Gasteiger partial charge on any atom is 0.287 e. The fourth-order valence-corrected chi connectivity index (χ4v) is 5.02. The van der Waals surface area contributed by atoms with Crippen molar-refractivity contribution < 1.29 is 13.9 Å². The van der Waals surface area contributed by atoms with Crippen LogP contribution in [0.2, 0.25) is 0 Å². The third-order valence-electron chi connectivity index (χ3n) is 5.11. The van der Waals surface area contributed by atoms with E-state index < -0.39 is 0 Å². The minimum absolute atomic E-state index is 0.134. The van der Waals surface area contributed by atoms with Crippen LogP contribution in [0.25, 0.3) is 0 Å². The number of amides is 1. The van der Waals surface area contributed by atoms with Gasteiger partial charge in [-0.25, -0.2) is 0 Å². The first-order chi connectivity index (χ1) is 13.1. The molecule has 1 amide bonds. The molecule has 0 saturated carbocycles. The highest BCUT2D eigenvalue weighted by molar-refractivity contribution is 8.14. The van der Waals surface area contributed by atoms with Crippen LogP contribution in [-0.2, 0) is 13.0 Å². The van der Waals surface area contributed by atoms with Crippen LogP contribution in [0.3, 0.4) is 0 Å². The number of rotatable bonds is 5. The van der Waals surface area contributed by atoms with Crippen LogP contribution in [-0.4, -0.2) is 22.8 Å². The van der Waals surface area contributed by atoms with Crippen LogP contribution in [0.5, 0.6) is 5.75 Å². The number of aliphatic imine (C=N–C) groups is 1. The molecule has 0 bridgehead atoms. The van der Waals surface area contributed by atoms with Gasteiger partial charge in [0, 0.05) is 29.3 Å². The molecule has 0 radical (unpaired) electrons. The van der Waals surface area contributed by atoms with Crippen molar-refractivity contribution in [1.29, 1.82) is 0 Å². The highest BCUT2D eigenvalue weighted by Gasteiger charge is 2.39. The average molecular weight is 385 g/mol. The summed E-state index contributed by atoms with van der Waals surface area (Å²) in [5, 5.41) is 4.58. The average Bonchev–Trinajstić information content (AvgIpc) is 3.20. The standard InChI is InChI=1S/C21H24N2O3S/c1-4-25-15-7-5-14(6-8-15)11-22-21(24)20-12(2)18-16(26-20)9-10-17-19(18)23-13(3)27-17/h5-8,17,19H,4,9-11H2,1-3H3,(H,22,24)/t17-,19-/m0/s1. The lowest BCUT2D eigenvalue weighted by Crippen LogP contribution is -2.23. The largest absolute Gasteiger partial charge is 0.494 e. The Morgan fingerprint density at radius 2 is 2.11 bits per heavy atom. The number of fused-ring (bicyclic) bond motifs is 3. The molecular formula is C21H24N2O3S. The van der Waals surface area contributed by atoms with Crippen LogP contribution < -0.4 is 10.1 Å². The molecule has 27 heavy (non-hydrogen) atoms. The summed E-state index contributed by atoms with van der Waals surface area (Å²) in [6.45, 7) is 7.09. The SMILES string of the molecule is CCOc1ccc(CNC(=O)c2oc3c(c2C)[C@H]2N=C(C)S[C@H]2CC3)cc1. The van der Waals surface area contributed by atoms with Gasteiger partial charge in [-0.05, 0) is 44.9 Å². The predicted molar refractivity (Wildman–Crippen MR) is 108 cm³/mol. The lowest BCUT2D eigenvalue weighted by atomic mass is 9.90. The number of ether oxygens (including phenoxy) is 1. The highest BCUT2D eigenvalue weighted by Crippen LogP contribution is 2.47. The topological polar surface area (TPSA) is 63.8 Å². The number of carbonyl (C=O) groups is 1. The van der Waals surface area contributed by atoms with Crippen LogP contribution in [0.15, 0.2) is 33.7 Å². The number of hydrogen-bond donors (Lipinski definition) is 1. The Kier molecular flexibility index (Phi) is 5.00. The molecule has 142 valence electrons. The Morgan fingerprint density at radius 3 is 2.85 bits per heavy atom. The van der Waals surface area contributed by atoms with Crippen molar-refractivity contribution in [2.75, 3.05) is 6.61 Å². The number of nitrogens with zero attached hydrogens (tertiary/aromatic N) is 1. The maximum absolute atomic E-state index is 12.7. The van der Waals surface area contributed by atoms with Gasteiger partial charge in [-0.15, -0.1) is 11.8 Å². The van der Waals surface area contributed by atoms with Gasteiger partial charge >= 0.3 is 0 Å². The van der Waals surface area contributed by atoms with Gasteiger partial charge in [0.05, 0.1) is 17.7 Å². The predicted octanol–water partition coefficient (Wildman–Crippen LogP) is 4.44. The molecule has 0 saturated heterocycles. The van der Waals surface area contributed by atoms with Crippen LogP contribution in [0.4, 0.5) is 0 Å². The molecule has 2 aliphatic rings. The van der Waals surface area contributed by atoms with E-state index in [9.17, 15) is 4.79 Å². The van der Waals surface area contributed by atoms with E-state index in [0.717, 1.165) is 46.1 Å². The zero-order valence-electron chi connectivity index (χ0n) is 15.9. The third kappa shape index (κ3) is 3.50. The summed E-state index contributed by atoms with van der Waals surface area (Å²) in [4.78, 5) is 17.5. The Morgan fingerprint density at radius 1 is 1.33 bits per heavy atom. The summed E-state index contributed by atoms with van der Waals surface area (Å²) < 4.78 is 11.4. The first-order valence-electron chi connectivity index (χ1n) is 9.40. The molecule has 1 aliphatic carbocycles. The van der Waals surface area contributed by atoms with Crippen LogP contribution >= 0.6 is 11.8 Å². The molecule has 1 aromatic heterocycles. The van der Waals surface area contributed by atoms with E-state index in [1.807, 2.05) is 49.9 Å². The number of hydrogen-bond acceptors (Lipinski definition) is 5. The summed E-state index contributed by atoms with van der Waals surface area (Å²) in [6.07, 6.45) is 1.92. The van der Waals surface area contributed by atoms with Crippen molar-refractivity contribution in [3.63, 3.8) is 0 Å². The fourth-order valence-electron chi connectivity index (χ4n) is 3.84. The second-order valence-electron chi connectivity index (χ2n) is 6.94. The molecule has 1 aliphatic heterocycles. The van der Waals surface area contributed by atoms with Crippen LogP contribution in [0.1, 0.15) is 59.3 Å². The van der Waals surface area contributed by atoms with Gasteiger partial charge in [0.1, 0.15) is 11.5 Å². The number of furan rings is 1. The molecule has 1 N–H and O–H groups in total. The number of carbonyl (C=O) groups excluding carboxylic acids is 1. The molecule has 4 rings (SSSR count). The first kappa shape index (κ1) is 18.2. The number of nitrogens with one attached hydrogen (secondary N) is 1. The van der Waals surface area contributed by atoms with Crippen molar-refractivity contribution in [1.82, 2.24) is 5.32 Å². The van der Waals surface area contributed by atoms with Gasteiger partial charge in [-0.3, -0.25) is 9.79 Å². The van der Waals surface area contributed by atoms with E-state index in [0.29, 0.717) is 24.2 Å². The van der Waals surface area contributed by atoms with E-state index in [1.54, 1.807) is 0 Å². The van der Waals surface area contributed by atoms with E-state index in [4.69, 9.17) is 14.1 Å². The van der Waals surface area contributed by atoms with Gasteiger partial charge in [-0.2, -0.15) is 0 Å². The molecule has 0 unspecified atom stereocenters. The van der Waals surface area contributed by atoms with Gasteiger partial charge in [0.15, 0.2) is 5.76 Å². The highest BCUT2D eigenvalue weighted by atomic mass is 32.2. The lowest BCUT2D eigenvalue weighted by molar-refractivity contribution is 0.0920. The zero-order valence-corrected chi connectivity index (χ0v) is 16.7. The number of thioether (sulfide) groups is 1. The van der Waals surface area contributed by atoms with E-state index in [1.165, 1.54) is 0 Å². The second-order valence-corrected chi connectivity index (χ2v) is 8.37. The summed E-state index contributed by atoms with van der Waals surface area (Å²) >= 11 is 1.85. The smallest absolute Gasteiger partial charge is 0.287 e. The van der Waals surface area contributed by atoms with Crippen LogP contribution in [0, 0.1) is 6.92 Å². The summed E-state index contributed by atoms with van der Waals surface area (Å²) in [7, 11) is 0. The Labute approximate surface area is 163 Å². The lowest BCUT2D eigenvalue weighted by Gasteiger charge is -2.22. The number of aryl methyl sites for hydroxylation is 1. The van der Waals surface area contributed by atoms with Gasteiger partial charge in [-0.1, -0.05) is 12.1 Å². The van der Waals surface area contributed by atoms with Crippen molar-refractivity contribution in [2.24, 2.45) is 4.99 Å². The quantitative estimate of drug-likeness (QED) is 0.828. The van der Waals surface area contributed by atoms with Crippen molar-refractivity contribution >= 4 is 22.7 Å². The normalized spacial score (nSPS) is 20.6. The molecule has 2 aromatic rings. The Bertz CT molecular complexity index is 886. The summed E-state index contributed by atoms with van der Waals surface area (Å²) in [6, 6.07) is 7.89. The number of benzene rings is 1. The van der Waals surface area contributed by atoms with Crippen molar-refractivity contribution in [2.45, 2.75) is 51.4 Å². The Balaban J connectivity index is 1.48. The molecule has 1 aromatic carbocycles. The maximum atomic E-state index is 12.7. The van der Waals surface area contributed by atoms with E-state index >= 15 is 0 Å². The minimum atomic E-state index is -0.168. The molecule has 6 heteroatoms. The van der Waals surface area contributed by atoms with Crippen molar-refractivity contribution in [3.8, 4) is 5.75 Å². The second kappa shape index (κ2) is 7.43. The molecular weight excluding hydrogens is 360 g/mol.